The van der Waals surface area contributed by atoms with E-state index >= 15 is 0 Å². The number of halogens is 2. The van der Waals surface area contributed by atoms with Crippen LogP contribution >= 0.6 is 0 Å². The summed E-state index contributed by atoms with van der Waals surface area (Å²) >= 11 is 0. The van der Waals surface area contributed by atoms with Gasteiger partial charge in [-0.1, -0.05) is 18.2 Å². The van der Waals surface area contributed by atoms with E-state index in [4.69, 9.17) is 0 Å². The van der Waals surface area contributed by atoms with E-state index in [2.05, 4.69) is 17.4 Å². The number of anilines is 1. The molecule has 2 unspecified atom stereocenters. The summed E-state index contributed by atoms with van der Waals surface area (Å²) in [7, 11) is 0. The predicted molar refractivity (Wildman–Crippen MR) is 69.0 cm³/mol. The monoisotopic (exact) mass is 251 g/mol. The van der Waals surface area contributed by atoms with E-state index in [-0.39, 0.29) is 18.8 Å². The Labute approximate surface area is 107 Å². The molecule has 1 nitrogen and oxygen atoms in total. The Morgan fingerprint density at radius 2 is 2.06 bits per heavy atom. The first-order chi connectivity index (χ1) is 8.62. The molecule has 0 spiro atoms. The Kier molecular flexibility index (Phi) is 3.00. The summed E-state index contributed by atoms with van der Waals surface area (Å²) in [4.78, 5) is 0. The van der Waals surface area contributed by atoms with E-state index in [1.54, 1.807) is 0 Å². The lowest BCUT2D eigenvalue weighted by atomic mass is 9.86. The second kappa shape index (κ2) is 4.52. The van der Waals surface area contributed by atoms with Gasteiger partial charge in [-0.05, 0) is 42.7 Å². The zero-order valence-electron chi connectivity index (χ0n) is 10.5. The average molecular weight is 251 g/mol. The van der Waals surface area contributed by atoms with Crippen molar-refractivity contribution in [2.45, 2.75) is 38.0 Å². The third kappa shape index (κ3) is 2.50. The lowest BCUT2D eigenvalue weighted by Gasteiger charge is -2.28. The molecule has 2 aliphatic rings. The second-order valence-corrected chi connectivity index (χ2v) is 5.81. The van der Waals surface area contributed by atoms with Crippen molar-refractivity contribution in [1.82, 2.24) is 0 Å². The molecule has 18 heavy (non-hydrogen) atoms. The Balaban J connectivity index is 1.60. The van der Waals surface area contributed by atoms with Crippen LogP contribution in [-0.4, -0.2) is 12.5 Å². The van der Waals surface area contributed by atoms with E-state index in [1.165, 1.54) is 11.3 Å². The van der Waals surface area contributed by atoms with Gasteiger partial charge in [-0.2, -0.15) is 0 Å². The van der Waals surface area contributed by atoms with Crippen molar-refractivity contribution in [3.63, 3.8) is 0 Å². The third-order valence-corrected chi connectivity index (χ3v) is 4.28. The molecule has 1 aliphatic heterocycles. The minimum absolute atomic E-state index is 0.0917. The van der Waals surface area contributed by atoms with Crippen LogP contribution in [0.15, 0.2) is 24.3 Å². The molecular formula is C15H19F2N. The maximum absolute atomic E-state index is 13.2. The van der Waals surface area contributed by atoms with Crippen LogP contribution < -0.4 is 5.32 Å². The van der Waals surface area contributed by atoms with Crippen molar-refractivity contribution in [3.8, 4) is 0 Å². The molecule has 3 heteroatoms. The molecular weight excluding hydrogens is 232 g/mol. The van der Waals surface area contributed by atoms with E-state index in [0.29, 0.717) is 12.3 Å². The van der Waals surface area contributed by atoms with Gasteiger partial charge in [0.25, 0.3) is 0 Å². The molecule has 0 radical (unpaired) electrons. The summed E-state index contributed by atoms with van der Waals surface area (Å²) in [5.74, 6) is -1.67. The fourth-order valence-electron chi connectivity index (χ4n) is 3.39. The summed E-state index contributed by atoms with van der Waals surface area (Å²) in [5, 5.41) is 3.42. The van der Waals surface area contributed by atoms with E-state index < -0.39 is 5.92 Å². The largest absolute Gasteiger partial charge is 0.385 e. The second-order valence-electron chi connectivity index (χ2n) is 5.81. The highest BCUT2D eigenvalue weighted by atomic mass is 19.3. The molecule has 1 aliphatic carbocycles. The normalized spacial score (nSPS) is 29.7. The highest BCUT2D eigenvalue weighted by Crippen LogP contribution is 2.42. The number of rotatable bonds is 2. The molecule has 1 heterocycles. The number of hydrogen-bond donors (Lipinski definition) is 1. The van der Waals surface area contributed by atoms with Crippen molar-refractivity contribution in [2.24, 2.45) is 11.8 Å². The molecule has 1 aromatic rings. The molecule has 0 saturated heterocycles. The van der Waals surface area contributed by atoms with Crippen LogP contribution in [0, 0.1) is 11.8 Å². The molecule has 0 bridgehead atoms. The van der Waals surface area contributed by atoms with Crippen LogP contribution in [0.3, 0.4) is 0 Å². The lowest BCUT2D eigenvalue weighted by molar-refractivity contribution is 0.00411. The molecule has 1 aromatic carbocycles. The van der Waals surface area contributed by atoms with Gasteiger partial charge in [0.1, 0.15) is 0 Å². The summed E-state index contributed by atoms with van der Waals surface area (Å²) in [5.41, 5.74) is 2.55. The predicted octanol–water partition coefficient (Wildman–Crippen LogP) is 4.10. The number of fused-ring (bicyclic) bond motifs is 1. The van der Waals surface area contributed by atoms with Gasteiger partial charge in [-0.25, -0.2) is 8.78 Å². The Morgan fingerprint density at radius 3 is 2.83 bits per heavy atom. The van der Waals surface area contributed by atoms with Gasteiger partial charge in [0, 0.05) is 25.1 Å². The standard InChI is InChI=1S/C15H19F2N/c16-15(17)6-5-11(9-15)7-12-8-13-3-1-2-4-14(13)18-10-12/h1-4,11-12,18H,5-10H2. The Bertz CT molecular complexity index is 430. The molecule has 1 N–H and O–H groups in total. The topological polar surface area (TPSA) is 12.0 Å². The first-order valence-corrected chi connectivity index (χ1v) is 6.82. The maximum Gasteiger partial charge on any atom is 0.248 e. The van der Waals surface area contributed by atoms with Crippen LogP contribution in [0.25, 0.3) is 0 Å². The zero-order valence-corrected chi connectivity index (χ0v) is 10.5. The van der Waals surface area contributed by atoms with Gasteiger partial charge in [0.15, 0.2) is 0 Å². The minimum Gasteiger partial charge on any atom is -0.385 e. The quantitative estimate of drug-likeness (QED) is 0.834. The van der Waals surface area contributed by atoms with Crippen LogP contribution in [0.1, 0.15) is 31.2 Å². The van der Waals surface area contributed by atoms with Crippen molar-refractivity contribution in [1.29, 1.82) is 0 Å². The highest BCUT2D eigenvalue weighted by molar-refractivity contribution is 5.53. The van der Waals surface area contributed by atoms with Gasteiger partial charge in [0.2, 0.25) is 5.92 Å². The zero-order chi connectivity index (χ0) is 12.6. The number of nitrogens with one attached hydrogen (secondary N) is 1. The fraction of sp³-hybridized carbons (Fsp3) is 0.600. The summed E-state index contributed by atoms with van der Waals surface area (Å²) in [6.07, 6.45) is 2.87. The van der Waals surface area contributed by atoms with Crippen LogP contribution in [-0.2, 0) is 6.42 Å². The van der Waals surface area contributed by atoms with Gasteiger partial charge in [-0.3, -0.25) is 0 Å². The fourth-order valence-corrected chi connectivity index (χ4v) is 3.39. The molecule has 2 atom stereocenters. The summed E-state index contributed by atoms with van der Waals surface area (Å²) < 4.78 is 26.3. The number of hydrogen-bond acceptors (Lipinski definition) is 1. The van der Waals surface area contributed by atoms with Gasteiger partial charge in [0.05, 0.1) is 0 Å². The van der Waals surface area contributed by atoms with Crippen LogP contribution in [0.2, 0.25) is 0 Å². The van der Waals surface area contributed by atoms with Crippen molar-refractivity contribution in [3.05, 3.63) is 29.8 Å². The minimum atomic E-state index is -2.40. The van der Waals surface area contributed by atoms with Crippen molar-refractivity contribution < 1.29 is 8.78 Å². The lowest BCUT2D eigenvalue weighted by Crippen LogP contribution is -2.25. The summed E-state index contributed by atoms with van der Waals surface area (Å²) in [6.45, 7) is 0.930. The smallest absolute Gasteiger partial charge is 0.248 e. The number of alkyl halides is 2. The van der Waals surface area contributed by atoms with Gasteiger partial charge >= 0.3 is 0 Å². The van der Waals surface area contributed by atoms with Gasteiger partial charge < -0.3 is 5.32 Å². The Morgan fingerprint density at radius 1 is 1.22 bits per heavy atom. The average Bonchev–Trinajstić information content (AvgIpc) is 2.68. The summed E-state index contributed by atoms with van der Waals surface area (Å²) in [6, 6.07) is 8.31. The van der Waals surface area contributed by atoms with Gasteiger partial charge in [-0.15, -0.1) is 0 Å². The third-order valence-electron chi connectivity index (χ3n) is 4.28. The SMILES string of the molecule is FC1(F)CCC(CC2CNc3ccccc3C2)C1. The molecule has 1 saturated carbocycles. The van der Waals surface area contributed by atoms with E-state index in [1.807, 2.05) is 12.1 Å². The van der Waals surface area contributed by atoms with Crippen LogP contribution in [0.4, 0.5) is 14.5 Å². The first kappa shape index (κ1) is 11.9. The molecule has 1 fully saturated rings. The number of benzene rings is 1. The van der Waals surface area contributed by atoms with E-state index in [9.17, 15) is 8.78 Å². The van der Waals surface area contributed by atoms with E-state index in [0.717, 1.165) is 19.4 Å². The molecule has 98 valence electrons. The van der Waals surface area contributed by atoms with Crippen molar-refractivity contribution >= 4 is 5.69 Å². The maximum atomic E-state index is 13.2. The van der Waals surface area contributed by atoms with Crippen molar-refractivity contribution in [2.75, 3.05) is 11.9 Å². The molecule has 0 aromatic heterocycles. The molecule has 3 rings (SSSR count). The van der Waals surface area contributed by atoms with Crippen LogP contribution in [0.5, 0.6) is 0 Å². The highest BCUT2D eigenvalue weighted by Gasteiger charge is 2.40. The molecule has 0 amide bonds. The number of para-hydroxylation sites is 1. The first-order valence-electron chi connectivity index (χ1n) is 6.82. The Hall–Kier alpha value is -1.12.